The summed E-state index contributed by atoms with van der Waals surface area (Å²) in [6, 6.07) is 32.3. The number of anilines is 2. The Bertz CT molecular complexity index is 1460. The molecular formula is C29H22ClN3O2. The third kappa shape index (κ3) is 3.31. The summed E-state index contributed by atoms with van der Waals surface area (Å²) >= 11 is 6.46. The van der Waals surface area contributed by atoms with E-state index in [1.165, 1.54) is 0 Å². The molecule has 35 heavy (non-hydrogen) atoms. The first-order valence-electron chi connectivity index (χ1n) is 11.5. The van der Waals surface area contributed by atoms with Crippen LogP contribution in [-0.2, 0) is 23.5 Å². The van der Waals surface area contributed by atoms with E-state index in [2.05, 4.69) is 5.32 Å². The maximum Gasteiger partial charge on any atom is 0.279 e. The van der Waals surface area contributed by atoms with Gasteiger partial charge in [-0.1, -0.05) is 90.5 Å². The Hall–Kier alpha value is -4.09. The number of amides is 2. The average molecular weight is 480 g/mol. The molecule has 172 valence electrons. The van der Waals surface area contributed by atoms with Crippen molar-refractivity contribution in [3.05, 3.63) is 130 Å². The molecule has 0 aromatic heterocycles. The fourth-order valence-corrected chi connectivity index (χ4v) is 5.26. The molecule has 4 aromatic carbocycles. The summed E-state index contributed by atoms with van der Waals surface area (Å²) in [6.07, 6.45) is 0. The molecule has 0 radical (unpaired) electrons. The minimum Gasteiger partial charge on any atom is -0.350 e. The molecule has 0 aliphatic carbocycles. The quantitative estimate of drug-likeness (QED) is 0.402. The number of hydrogen-bond acceptors (Lipinski definition) is 3. The summed E-state index contributed by atoms with van der Waals surface area (Å²) in [6.45, 7) is 0.578. The highest BCUT2D eigenvalue weighted by Gasteiger charge is 2.59. The standard InChI is InChI=1S/C29H22ClN3O2/c30-24-15-7-4-12-21(24)19-32-26-17-9-6-14-23(26)29(28(32)35)31-25-16-8-5-13-22(25)27(34)33(29)18-20-10-2-1-3-11-20/h1-17,31H,18-19H2/t29-/m0/s1. The molecule has 1 spiro atoms. The highest BCUT2D eigenvalue weighted by atomic mass is 35.5. The highest BCUT2D eigenvalue weighted by Crippen LogP contribution is 2.49. The van der Waals surface area contributed by atoms with Crippen molar-refractivity contribution in [3.8, 4) is 0 Å². The second-order valence-corrected chi connectivity index (χ2v) is 9.16. The maximum atomic E-state index is 14.4. The van der Waals surface area contributed by atoms with Crippen molar-refractivity contribution < 1.29 is 9.59 Å². The lowest BCUT2D eigenvalue weighted by atomic mass is 9.92. The van der Waals surface area contributed by atoms with Gasteiger partial charge in [-0.25, -0.2) is 0 Å². The number of benzene rings is 4. The van der Waals surface area contributed by atoms with E-state index >= 15 is 0 Å². The van der Waals surface area contributed by atoms with Crippen molar-refractivity contribution in [1.82, 2.24) is 4.90 Å². The monoisotopic (exact) mass is 479 g/mol. The van der Waals surface area contributed by atoms with Gasteiger partial charge < -0.3 is 10.2 Å². The lowest BCUT2D eigenvalue weighted by Crippen LogP contribution is -2.62. The van der Waals surface area contributed by atoms with Crippen LogP contribution < -0.4 is 10.2 Å². The molecule has 6 rings (SSSR count). The van der Waals surface area contributed by atoms with E-state index in [9.17, 15) is 9.59 Å². The van der Waals surface area contributed by atoms with Crippen LogP contribution in [-0.4, -0.2) is 16.7 Å². The largest absolute Gasteiger partial charge is 0.350 e. The fourth-order valence-electron chi connectivity index (χ4n) is 5.07. The van der Waals surface area contributed by atoms with Gasteiger partial charge in [0.1, 0.15) is 0 Å². The van der Waals surface area contributed by atoms with E-state index < -0.39 is 5.66 Å². The second-order valence-electron chi connectivity index (χ2n) is 8.76. The Morgan fingerprint density at radius 3 is 2.26 bits per heavy atom. The van der Waals surface area contributed by atoms with Crippen LogP contribution in [0.25, 0.3) is 0 Å². The molecule has 2 aliphatic rings. The molecule has 0 bridgehead atoms. The van der Waals surface area contributed by atoms with E-state index in [1.807, 2.05) is 97.1 Å². The van der Waals surface area contributed by atoms with Gasteiger partial charge in [0.15, 0.2) is 0 Å². The molecule has 0 unspecified atom stereocenters. The van der Waals surface area contributed by atoms with Crippen LogP contribution in [0.2, 0.25) is 5.02 Å². The molecule has 6 heteroatoms. The summed E-state index contributed by atoms with van der Waals surface area (Å²) < 4.78 is 0. The molecule has 0 saturated heterocycles. The zero-order valence-electron chi connectivity index (χ0n) is 18.8. The highest BCUT2D eigenvalue weighted by molar-refractivity contribution is 6.31. The fraction of sp³-hybridized carbons (Fsp3) is 0.103. The zero-order valence-corrected chi connectivity index (χ0v) is 19.6. The number of carbonyl (C=O) groups excluding carboxylic acids is 2. The van der Waals surface area contributed by atoms with Gasteiger partial charge in [0.25, 0.3) is 11.8 Å². The Morgan fingerprint density at radius 2 is 1.43 bits per heavy atom. The van der Waals surface area contributed by atoms with Gasteiger partial charge in [-0.05, 0) is 35.4 Å². The summed E-state index contributed by atoms with van der Waals surface area (Å²) in [4.78, 5) is 31.8. The minimum atomic E-state index is -1.38. The number of nitrogens with zero attached hydrogens (tertiary/aromatic N) is 2. The first-order valence-corrected chi connectivity index (χ1v) is 11.9. The number of carbonyl (C=O) groups is 2. The van der Waals surface area contributed by atoms with E-state index in [0.717, 1.165) is 22.4 Å². The SMILES string of the molecule is O=C1c2ccccc2N[C@]2(C(=O)N(Cc3ccccc3Cl)c3ccccc32)N1Cc1ccccc1. The van der Waals surface area contributed by atoms with Crippen LogP contribution >= 0.6 is 11.6 Å². The number of fused-ring (bicyclic) bond motifs is 3. The number of rotatable bonds is 4. The smallest absolute Gasteiger partial charge is 0.279 e. The Kier molecular flexibility index (Phi) is 5.08. The molecule has 1 N–H and O–H groups in total. The van der Waals surface area contributed by atoms with Crippen molar-refractivity contribution in [2.75, 3.05) is 10.2 Å². The molecule has 0 fully saturated rings. The second kappa shape index (κ2) is 8.29. The average Bonchev–Trinajstić information content (AvgIpc) is 3.12. The molecule has 2 amide bonds. The molecule has 2 aliphatic heterocycles. The van der Waals surface area contributed by atoms with E-state index in [4.69, 9.17) is 11.6 Å². The molecular weight excluding hydrogens is 458 g/mol. The van der Waals surface area contributed by atoms with Gasteiger partial charge in [-0.15, -0.1) is 0 Å². The van der Waals surface area contributed by atoms with Gasteiger partial charge in [0.2, 0.25) is 5.66 Å². The topological polar surface area (TPSA) is 52.7 Å². The zero-order chi connectivity index (χ0) is 24.0. The van der Waals surface area contributed by atoms with Gasteiger partial charge in [0, 0.05) is 22.8 Å². The number of hydrogen-bond donors (Lipinski definition) is 1. The van der Waals surface area contributed by atoms with Crippen molar-refractivity contribution in [3.63, 3.8) is 0 Å². The molecule has 0 saturated carbocycles. The maximum absolute atomic E-state index is 14.4. The Morgan fingerprint density at radius 1 is 0.743 bits per heavy atom. The minimum absolute atomic E-state index is 0.189. The van der Waals surface area contributed by atoms with Crippen LogP contribution in [0.3, 0.4) is 0 Å². The molecule has 2 heterocycles. The van der Waals surface area contributed by atoms with Gasteiger partial charge >= 0.3 is 0 Å². The third-order valence-electron chi connectivity index (χ3n) is 6.73. The molecule has 5 nitrogen and oxygen atoms in total. The first kappa shape index (κ1) is 21.4. The first-order chi connectivity index (χ1) is 17.1. The lowest BCUT2D eigenvalue weighted by Gasteiger charge is -2.45. The summed E-state index contributed by atoms with van der Waals surface area (Å²) in [5.74, 6) is -0.400. The summed E-state index contributed by atoms with van der Waals surface area (Å²) in [5, 5.41) is 4.09. The van der Waals surface area contributed by atoms with Gasteiger partial charge in [0.05, 0.1) is 17.8 Å². The number of nitrogens with one attached hydrogen (secondary N) is 1. The normalized spacial score (nSPS) is 18.4. The van der Waals surface area contributed by atoms with E-state index in [1.54, 1.807) is 15.9 Å². The summed E-state index contributed by atoms with van der Waals surface area (Å²) in [7, 11) is 0. The Labute approximate surface area is 208 Å². The number of halogens is 1. The number of para-hydroxylation sites is 2. The van der Waals surface area contributed by atoms with Crippen molar-refractivity contribution in [1.29, 1.82) is 0 Å². The van der Waals surface area contributed by atoms with Crippen molar-refractivity contribution >= 4 is 34.8 Å². The van der Waals surface area contributed by atoms with Crippen LogP contribution in [0.15, 0.2) is 103 Å². The van der Waals surface area contributed by atoms with Crippen molar-refractivity contribution in [2.45, 2.75) is 18.8 Å². The predicted molar refractivity (Wildman–Crippen MR) is 137 cm³/mol. The van der Waals surface area contributed by atoms with Crippen LogP contribution in [0.5, 0.6) is 0 Å². The predicted octanol–water partition coefficient (Wildman–Crippen LogP) is 5.81. The van der Waals surface area contributed by atoms with Crippen LogP contribution in [0, 0.1) is 0 Å². The molecule has 4 aromatic rings. The molecule has 1 atom stereocenters. The van der Waals surface area contributed by atoms with E-state index in [0.29, 0.717) is 22.8 Å². The van der Waals surface area contributed by atoms with Gasteiger partial charge in [-0.3, -0.25) is 14.5 Å². The van der Waals surface area contributed by atoms with Crippen molar-refractivity contribution in [2.24, 2.45) is 0 Å². The van der Waals surface area contributed by atoms with Gasteiger partial charge in [-0.2, -0.15) is 0 Å². The summed E-state index contributed by atoms with van der Waals surface area (Å²) in [5.41, 5.74) is 3.10. The van der Waals surface area contributed by atoms with E-state index in [-0.39, 0.29) is 18.4 Å². The Balaban J connectivity index is 1.53. The lowest BCUT2D eigenvalue weighted by molar-refractivity contribution is -0.127. The van der Waals surface area contributed by atoms with Crippen LogP contribution in [0.4, 0.5) is 11.4 Å². The van der Waals surface area contributed by atoms with Crippen LogP contribution in [0.1, 0.15) is 27.0 Å². The third-order valence-corrected chi connectivity index (χ3v) is 7.10.